The molecule has 0 spiro atoms. The Kier molecular flexibility index (Phi) is 10.1. The molecule has 3 N–H and O–H groups in total. The van der Waals surface area contributed by atoms with Crippen molar-refractivity contribution in [3.8, 4) is 0 Å². The van der Waals surface area contributed by atoms with E-state index in [1.165, 1.54) is 11.1 Å². The van der Waals surface area contributed by atoms with E-state index in [1.807, 2.05) is 60.5 Å². The van der Waals surface area contributed by atoms with E-state index in [1.54, 1.807) is 4.90 Å². The van der Waals surface area contributed by atoms with Crippen LogP contribution in [0.4, 0.5) is 0 Å². The van der Waals surface area contributed by atoms with Crippen molar-refractivity contribution in [1.82, 2.24) is 15.1 Å². The van der Waals surface area contributed by atoms with E-state index in [9.17, 15) is 9.59 Å². The molecule has 0 aromatic heterocycles. The van der Waals surface area contributed by atoms with Crippen molar-refractivity contribution in [1.29, 1.82) is 0 Å². The van der Waals surface area contributed by atoms with Gasteiger partial charge in [0.05, 0.1) is 6.04 Å². The van der Waals surface area contributed by atoms with Crippen molar-refractivity contribution in [2.24, 2.45) is 5.73 Å². The van der Waals surface area contributed by atoms with Gasteiger partial charge in [0.1, 0.15) is 0 Å². The number of likely N-dealkylation sites (N-methyl/N-ethyl adjacent to an activating group) is 1. The molecule has 1 aliphatic heterocycles. The summed E-state index contributed by atoms with van der Waals surface area (Å²) in [6, 6.07) is 32.3. The van der Waals surface area contributed by atoms with Gasteiger partial charge in [0.2, 0.25) is 5.91 Å². The predicted octanol–water partition coefficient (Wildman–Crippen LogP) is 5.80. The number of nitrogens with zero attached hydrogens (tertiary/aromatic N) is 2. The van der Waals surface area contributed by atoms with Gasteiger partial charge in [-0.1, -0.05) is 88.7 Å². The van der Waals surface area contributed by atoms with Gasteiger partial charge in [0.25, 0.3) is 5.91 Å². The maximum Gasteiger partial charge on any atom is 0.253 e. The molecule has 7 heteroatoms. The number of amides is 2. The number of rotatable bonds is 10. The molecule has 1 heterocycles. The third-order valence-corrected chi connectivity index (χ3v) is 8.68. The molecule has 5 rings (SSSR count). The van der Waals surface area contributed by atoms with Crippen molar-refractivity contribution in [3.05, 3.63) is 118 Å². The van der Waals surface area contributed by atoms with Gasteiger partial charge in [0.15, 0.2) is 0 Å². The second-order valence-electron chi connectivity index (χ2n) is 11.2. The van der Waals surface area contributed by atoms with Gasteiger partial charge in [-0.2, -0.15) is 0 Å². The van der Waals surface area contributed by atoms with Crippen LogP contribution in [0.2, 0.25) is 0 Å². The minimum atomic E-state index is -0.337. The number of carbonyl (C=O) groups is 2. The minimum absolute atomic E-state index is 0.0148. The zero-order valence-corrected chi connectivity index (χ0v) is 25.7. The fourth-order valence-electron chi connectivity index (χ4n) is 5.91. The summed E-state index contributed by atoms with van der Waals surface area (Å²) < 4.78 is 1.01. The van der Waals surface area contributed by atoms with Crippen molar-refractivity contribution in [3.63, 3.8) is 0 Å². The number of hydrogen-bond acceptors (Lipinski definition) is 4. The first-order valence-electron chi connectivity index (χ1n) is 14.7. The van der Waals surface area contributed by atoms with Crippen LogP contribution in [-0.4, -0.2) is 66.9 Å². The number of benzene rings is 4. The summed E-state index contributed by atoms with van der Waals surface area (Å²) in [5.41, 5.74) is 8.90. The van der Waals surface area contributed by atoms with Crippen LogP contribution < -0.4 is 11.1 Å². The molecule has 0 bridgehead atoms. The predicted molar refractivity (Wildman–Crippen MR) is 174 cm³/mol. The number of nitrogens with one attached hydrogen (secondary N) is 1. The summed E-state index contributed by atoms with van der Waals surface area (Å²) in [4.78, 5) is 31.2. The Morgan fingerprint density at radius 2 is 1.62 bits per heavy atom. The van der Waals surface area contributed by atoms with Crippen molar-refractivity contribution in [2.45, 2.75) is 37.3 Å². The summed E-state index contributed by atoms with van der Waals surface area (Å²) in [5, 5.41) is 5.72. The van der Waals surface area contributed by atoms with Gasteiger partial charge in [0, 0.05) is 48.7 Å². The molecule has 1 aliphatic rings. The Morgan fingerprint density at radius 1 is 0.976 bits per heavy atom. The fourth-order valence-corrected chi connectivity index (χ4v) is 6.29. The highest BCUT2D eigenvalue weighted by atomic mass is 79.9. The van der Waals surface area contributed by atoms with Gasteiger partial charge in [-0.25, -0.2) is 0 Å². The number of fused-ring (bicyclic) bond motifs is 1. The number of carbonyl (C=O) groups excluding carboxylic acids is 2. The Morgan fingerprint density at radius 3 is 2.29 bits per heavy atom. The molecule has 4 aromatic rings. The molecule has 0 saturated carbocycles. The summed E-state index contributed by atoms with van der Waals surface area (Å²) in [5.74, 6) is 0.152. The Balaban J connectivity index is 1.32. The van der Waals surface area contributed by atoms with Crippen LogP contribution in [0, 0.1) is 0 Å². The Bertz CT molecular complexity index is 1460. The van der Waals surface area contributed by atoms with Gasteiger partial charge in [-0.05, 0) is 72.0 Å². The molecule has 2 atom stereocenters. The first kappa shape index (κ1) is 30.0. The summed E-state index contributed by atoms with van der Waals surface area (Å²) in [6.45, 7) is 2.27. The largest absolute Gasteiger partial charge is 0.340 e. The standard InChI is InChI=1S/C35H39BrN4O2/c1-39(34(41)29-15-14-28-22-30(36)17-16-27(28)21-29)23-31-18-20-40(35(42)33(38-31)13-8-19-37)24-32(25-9-4-2-5-10-25)26-11-6-3-7-12-26/h2-7,9-12,14-17,21-22,31-33,38H,8,13,18-20,23-24,37H2,1H3/t31?,33-/m0/s1. The van der Waals surface area contributed by atoms with Crippen LogP contribution in [0.5, 0.6) is 0 Å². The van der Waals surface area contributed by atoms with Crippen LogP contribution in [-0.2, 0) is 4.79 Å². The summed E-state index contributed by atoms with van der Waals surface area (Å²) >= 11 is 3.51. The lowest BCUT2D eigenvalue weighted by molar-refractivity contribution is -0.133. The van der Waals surface area contributed by atoms with Gasteiger partial charge >= 0.3 is 0 Å². The lowest BCUT2D eigenvalue weighted by Crippen LogP contribution is -2.49. The average molecular weight is 628 g/mol. The Hall–Kier alpha value is -3.52. The maximum atomic E-state index is 13.9. The van der Waals surface area contributed by atoms with E-state index in [0.717, 1.165) is 28.1 Å². The van der Waals surface area contributed by atoms with E-state index in [-0.39, 0.29) is 29.8 Å². The Labute approximate surface area is 257 Å². The molecule has 1 fully saturated rings. The zero-order valence-electron chi connectivity index (χ0n) is 24.1. The maximum absolute atomic E-state index is 13.9. The highest BCUT2D eigenvalue weighted by molar-refractivity contribution is 9.10. The number of nitrogens with two attached hydrogens (primary N) is 1. The lowest BCUT2D eigenvalue weighted by Gasteiger charge is -2.29. The topological polar surface area (TPSA) is 78.7 Å². The van der Waals surface area contributed by atoms with Gasteiger partial charge in [-0.3, -0.25) is 9.59 Å². The quantitative estimate of drug-likeness (QED) is 0.233. The van der Waals surface area contributed by atoms with Gasteiger partial charge < -0.3 is 20.9 Å². The molecular formula is C35H39BrN4O2. The number of hydrogen-bond donors (Lipinski definition) is 2. The third kappa shape index (κ3) is 7.27. The van der Waals surface area contributed by atoms with Crippen LogP contribution in [0.1, 0.15) is 46.7 Å². The van der Waals surface area contributed by atoms with E-state index in [0.29, 0.717) is 38.2 Å². The number of halogens is 1. The first-order valence-corrected chi connectivity index (χ1v) is 15.5. The molecule has 1 unspecified atom stereocenters. The van der Waals surface area contributed by atoms with E-state index >= 15 is 0 Å². The summed E-state index contributed by atoms with van der Waals surface area (Å²) in [6.07, 6.45) is 2.18. The fraction of sp³-hybridized carbons (Fsp3) is 0.314. The molecule has 218 valence electrons. The molecule has 6 nitrogen and oxygen atoms in total. The summed E-state index contributed by atoms with van der Waals surface area (Å²) in [7, 11) is 1.84. The average Bonchev–Trinajstić information content (AvgIpc) is 3.16. The third-order valence-electron chi connectivity index (χ3n) is 8.19. The van der Waals surface area contributed by atoms with Crippen molar-refractivity contribution >= 4 is 38.5 Å². The second-order valence-corrected chi connectivity index (χ2v) is 12.1. The van der Waals surface area contributed by atoms with Crippen molar-refractivity contribution in [2.75, 3.05) is 33.2 Å². The van der Waals surface area contributed by atoms with Crippen molar-refractivity contribution < 1.29 is 9.59 Å². The molecular weight excluding hydrogens is 588 g/mol. The molecule has 4 aromatic carbocycles. The molecule has 42 heavy (non-hydrogen) atoms. The zero-order chi connectivity index (χ0) is 29.5. The minimum Gasteiger partial charge on any atom is -0.340 e. The van der Waals surface area contributed by atoms with E-state index in [4.69, 9.17) is 5.73 Å². The molecule has 1 saturated heterocycles. The van der Waals surface area contributed by atoms with E-state index < -0.39 is 0 Å². The smallest absolute Gasteiger partial charge is 0.253 e. The monoisotopic (exact) mass is 626 g/mol. The van der Waals surface area contributed by atoms with E-state index in [2.05, 4.69) is 69.8 Å². The SMILES string of the molecule is CN(CC1CCN(CC(c2ccccc2)c2ccccc2)C(=O)[C@H](CCCN)N1)C(=O)c1ccc2cc(Br)ccc2c1. The van der Waals surface area contributed by atoms with Crippen LogP contribution >= 0.6 is 15.9 Å². The molecule has 0 aliphatic carbocycles. The van der Waals surface area contributed by atoms with Gasteiger partial charge in [-0.15, -0.1) is 0 Å². The first-order chi connectivity index (χ1) is 20.4. The highest BCUT2D eigenvalue weighted by Gasteiger charge is 2.33. The normalized spacial score (nSPS) is 17.4. The van der Waals surface area contributed by atoms with Crippen LogP contribution in [0.25, 0.3) is 10.8 Å². The van der Waals surface area contributed by atoms with Crippen LogP contribution in [0.3, 0.4) is 0 Å². The molecule has 0 radical (unpaired) electrons. The lowest BCUT2D eigenvalue weighted by atomic mass is 9.90. The van der Waals surface area contributed by atoms with Crippen LogP contribution in [0.15, 0.2) is 102 Å². The highest BCUT2D eigenvalue weighted by Crippen LogP contribution is 2.27. The second kappa shape index (κ2) is 14.1. The molecule has 2 amide bonds.